The van der Waals surface area contributed by atoms with Crippen LogP contribution in [0.2, 0.25) is 0 Å². The molecule has 0 saturated heterocycles. The van der Waals surface area contributed by atoms with E-state index >= 15 is 0 Å². The average Bonchev–Trinajstić information content (AvgIpc) is 3.05. The van der Waals surface area contributed by atoms with Gasteiger partial charge in [-0.3, -0.25) is 19.5 Å². The van der Waals surface area contributed by atoms with Crippen molar-refractivity contribution in [1.82, 2.24) is 4.57 Å². The van der Waals surface area contributed by atoms with Crippen molar-refractivity contribution in [2.24, 2.45) is 0 Å². The number of nitro groups is 1. The predicted octanol–water partition coefficient (Wildman–Crippen LogP) is 3.91. The normalized spacial score (nSPS) is 15.7. The second-order valence-electron chi connectivity index (χ2n) is 6.08. The second kappa shape index (κ2) is 5.59. The molecule has 0 spiro atoms. The van der Waals surface area contributed by atoms with Gasteiger partial charge in [-0.2, -0.15) is 0 Å². The van der Waals surface area contributed by atoms with E-state index in [4.69, 9.17) is 0 Å². The first-order valence-electron chi connectivity index (χ1n) is 7.88. The number of benzene rings is 2. The van der Waals surface area contributed by atoms with E-state index in [1.165, 1.54) is 12.1 Å². The number of aryl methyl sites for hydroxylation is 1. The molecule has 1 aliphatic heterocycles. The van der Waals surface area contributed by atoms with Crippen molar-refractivity contribution in [2.45, 2.75) is 13.0 Å². The maximum Gasteiger partial charge on any atom is 0.269 e. The Morgan fingerprint density at radius 1 is 1.12 bits per heavy atom. The molecule has 25 heavy (non-hydrogen) atoms. The van der Waals surface area contributed by atoms with Gasteiger partial charge in [0.25, 0.3) is 11.6 Å². The lowest BCUT2D eigenvalue weighted by Gasteiger charge is -2.19. The number of fused-ring (bicyclic) bond motifs is 2. The molecule has 0 radical (unpaired) electrons. The van der Waals surface area contributed by atoms with Crippen molar-refractivity contribution < 1.29 is 9.72 Å². The van der Waals surface area contributed by atoms with Gasteiger partial charge in [-0.1, -0.05) is 11.6 Å². The minimum atomic E-state index is -0.422. The average molecular weight is 333 g/mol. The van der Waals surface area contributed by atoms with E-state index in [2.05, 4.69) is 5.32 Å². The third kappa shape index (κ3) is 2.48. The molecule has 2 heterocycles. The molecule has 1 aliphatic rings. The highest BCUT2D eigenvalue weighted by Gasteiger charge is 2.27. The number of nitro benzene ring substituents is 1. The summed E-state index contributed by atoms with van der Waals surface area (Å²) in [5.74, 6) is -0.0874. The second-order valence-corrected chi connectivity index (χ2v) is 6.08. The maximum absolute atomic E-state index is 12.9. The van der Waals surface area contributed by atoms with Crippen LogP contribution in [0.15, 0.2) is 60.8 Å². The Balaban J connectivity index is 1.86. The zero-order valence-electron chi connectivity index (χ0n) is 13.5. The van der Waals surface area contributed by atoms with E-state index in [1.54, 1.807) is 22.9 Å². The van der Waals surface area contributed by atoms with Crippen molar-refractivity contribution in [3.8, 4) is 0 Å². The summed E-state index contributed by atoms with van der Waals surface area (Å²) in [5, 5.41) is 14.3. The smallest absolute Gasteiger partial charge is 0.269 e. The quantitative estimate of drug-likeness (QED) is 0.570. The molecule has 0 bridgehead atoms. The Hall–Kier alpha value is -3.41. The highest BCUT2D eigenvalue weighted by atomic mass is 16.6. The van der Waals surface area contributed by atoms with Crippen molar-refractivity contribution in [3.05, 3.63) is 93.3 Å². The highest BCUT2D eigenvalue weighted by Crippen LogP contribution is 2.34. The standard InChI is InChI=1S/C19H15N3O3/c1-12-4-9-16-15(11-12)19(23)21-10-2-3-17(21)18(20-16)13-5-7-14(8-6-13)22(24)25/h2-11,18,20H,1H3. The molecule has 0 saturated carbocycles. The molecule has 0 amide bonds. The monoisotopic (exact) mass is 333 g/mol. The van der Waals surface area contributed by atoms with Gasteiger partial charge in [-0.05, 0) is 48.9 Å². The van der Waals surface area contributed by atoms with E-state index < -0.39 is 4.92 Å². The Morgan fingerprint density at radius 3 is 2.60 bits per heavy atom. The van der Waals surface area contributed by atoms with Crippen LogP contribution in [0.4, 0.5) is 11.4 Å². The van der Waals surface area contributed by atoms with E-state index in [0.717, 1.165) is 22.5 Å². The van der Waals surface area contributed by atoms with Crippen LogP contribution >= 0.6 is 0 Å². The lowest BCUT2D eigenvalue weighted by molar-refractivity contribution is -0.384. The number of anilines is 1. The van der Waals surface area contributed by atoms with Gasteiger partial charge in [0.05, 0.1) is 22.2 Å². The van der Waals surface area contributed by atoms with Gasteiger partial charge in [-0.25, -0.2) is 0 Å². The first-order valence-corrected chi connectivity index (χ1v) is 7.88. The number of aromatic nitrogens is 1. The number of hydrogen-bond acceptors (Lipinski definition) is 4. The number of non-ortho nitro benzene ring substituents is 1. The van der Waals surface area contributed by atoms with Crippen LogP contribution < -0.4 is 5.32 Å². The number of hydrogen-bond donors (Lipinski definition) is 1. The van der Waals surface area contributed by atoms with Crippen molar-refractivity contribution in [2.75, 3.05) is 5.32 Å². The van der Waals surface area contributed by atoms with Crippen molar-refractivity contribution in [3.63, 3.8) is 0 Å². The lowest BCUT2D eigenvalue weighted by atomic mass is 10.0. The number of rotatable bonds is 2. The van der Waals surface area contributed by atoms with Crippen LogP contribution in [-0.4, -0.2) is 15.4 Å². The number of carbonyl (C=O) groups is 1. The molecule has 3 aromatic rings. The molecular formula is C19H15N3O3. The SMILES string of the molecule is Cc1ccc2c(c1)C(=O)n1cccc1C(c1ccc([N+](=O)[O-])cc1)N2. The summed E-state index contributed by atoms with van der Waals surface area (Å²) in [5.41, 5.74) is 4.07. The minimum absolute atomic E-state index is 0.0415. The van der Waals surface area contributed by atoms with Crippen molar-refractivity contribution >= 4 is 17.3 Å². The van der Waals surface area contributed by atoms with Crippen LogP contribution in [0.1, 0.15) is 33.2 Å². The Bertz CT molecular complexity index is 989. The number of nitrogens with zero attached hydrogens (tertiary/aromatic N) is 2. The fourth-order valence-corrected chi connectivity index (χ4v) is 3.18. The summed E-state index contributed by atoms with van der Waals surface area (Å²) in [6, 6.07) is 15.5. The molecule has 0 aliphatic carbocycles. The fraction of sp³-hybridized carbons (Fsp3) is 0.105. The number of nitrogens with one attached hydrogen (secondary N) is 1. The molecule has 1 N–H and O–H groups in total. The van der Waals surface area contributed by atoms with Crippen LogP contribution in [0, 0.1) is 17.0 Å². The van der Waals surface area contributed by atoms with Gasteiger partial charge in [0.15, 0.2) is 0 Å². The van der Waals surface area contributed by atoms with Crippen LogP contribution in [0.5, 0.6) is 0 Å². The topological polar surface area (TPSA) is 77.2 Å². The van der Waals surface area contributed by atoms with Crippen LogP contribution in [0.25, 0.3) is 0 Å². The molecule has 1 aromatic heterocycles. The largest absolute Gasteiger partial charge is 0.372 e. The van der Waals surface area contributed by atoms with E-state index in [1.807, 2.05) is 37.3 Å². The Morgan fingerprint density at radius 2 is 1.88 bits per heavy atom. The first-order chi connectivity index (χ1) is 12.0. The van der Waals surface area contributed by atoms with E-state index in [-0.39, 0.29) is 17.6 Å². The van der Waals surface area contributed by atoms with Gasteiger partial charge in [0, 0.05) is 24.0 Å². The summed E-state index contributed by atoms with van der Waals surface area (Å²) >= 11 is 0. The summed E-state index contributed by atoms with van der Waals surface area (Å²) in [7, 11) is 0. The molecule has 2 aromatic carbocycles. The summed E-state index contributed by atoms with van der Waals surface area (Å²) < 4.78 is 1.63. The molecular weight excluding hydrogens is 318 g/mol. The van der Waals surface area contributed by atoms with Gasteiger partial charge in [0.2, 0.25) is 0 Å². The fourth-order valence-electron chi connectivity index (χ4n) is 3.18. The Kier molecular flexibility index (Phi) is 3.39. The molecule has 6 nitrogen and oxygen atoms in total. The molecule has 4 rings (SSSR count). The summed E-state index contributed by atoms with van der Waals surface area (Å²) in [6.45, 7) is 1.95. The first kappa shape index (κ1) is 15.1. The van der Waals surface area contributed by atoms with Gasteiger partial charge in [0.1, 0.15) is 0 Å². The molecule has 124 valence electrons. The van der Waals surface area contributed by atoms with Gasteiger partial charge in [-0.15, -0.1) is 0 Å². The van der Waals surface area contributed by atoms with E-state index in [0.29, 0.717) is 5.56 Å². The highest BCUT2D eigenvalue weighted by molar-refractivity contribution is 6.02. The predicted molar refractivity (Wildman–Crippen MR) is 93.9 cm³/mol. The third-order valence-corrected chi connectivity index (χ3v) is 4.44. The lowest BCUT2D eigenvalue weighted by Crippen LogP contribution is -2.15. The van der Waals surface area contributed by atoms with Crippen LogP contribution in [0.3, 0.4) is 0 Å². The zero-order chi connectivity index (χ0) is 17.6. The third-order valence-electron chi connectivity index (χ3n) is 4.44. The zero-order valence-corrected chi connectivity index (χ0v) is 13.5. The molecule has 1 atom stereocenters. The molecule has 0 fully saturated rings. The molecule has 6 heteroatoms. The Labute approximate surface area is 143 Å². The summed E-state index contributed by atoms with van der Waals surface area (Å²) in [4.78, 5) is 23.4. The summed E-state index contributed by atoms with van der Waals surface area (Å²) in [6.07, 6.45) is 1.75. The van der Waals surface area contributed by atoms with Gasteiger partial charge >= 0.3 is 0 Å². The molecule has 1 unspecified atom stereocenters. The van der Waals surface area contributed by atoms with Crippen molar-refractivity contribution in [1.29, 1.82) is 0 Å². The number of carbonyl (C=O) groups excluding carboxylic acids is 1. The van der Waals surface area contributed by atoms with E-state index in [9.17, 15) is 14.9 Å². The van der Waals surface area contributed by atoms with Gasteiger partial charge < -0.3 is 5.32 Å². The maximum atomic E-state index is 12.9. The van der Waals surface area contributed by atoms with Crippen LogP contribution in [-0.2, 0) is 0 Å². The minimum Gasteiger partial charge on any atom is -0.372 e.